The van der Waals surface area contributed by atoms with Gasteiger partial charge < -0.3 is 5.32 Å². The van der Waals surface area contributed by atoms with E-state index < -0.39 is 17.6 Å². The molecular formula is C17H12ClFN2O2. The second-order valence-corrected chi connectivity index (χ2v) is 5.43. The zero-order chi connectivity index (χ0) is 16.6. The van der Waals surface area contributed by atoms with Crippen molar-refractivity contribution in [3.05, 3.63) is 70.6 Å². The molecule has 1 aliphatic rings. The largest absolute Gasteiger partial charge is 0.349 e. The van der Waals surface area contributed by atoms with Crippen LogP contribution in [0, 0.1) is 12.7 Å². The van der Waals surface area contributed by atoms with Gasteiger partial charge in [-0.15, -0.1) is 0 Å². The van der Waals surface area contributed by atoms with E-state index in [0.29, 0.717) is 5.69 Å². The zero-order valence-electron chi connectivity index (χ0n) is 12.1. The molecule has 0 aliphatic carbocycles. The Balaban J connectivity index is 1.93. The van der Waals surface area contributed by atoms with E-state index in [9.17, 15) is 14.0 Å². The number of nitrogens with zero attached hydrogens (tertiary/aromatic N) is 1. The van der Waals surface area contributed by atoms with Gasteiger partial charge in [-0.1, -0.05) is 29.8 Å². The highest BCUT2D eigenvalue weighted by Crippen LogP contribution is 2.30. The summed E-state index contributed by atoms with van der Waals surface area (Å²) in [5.41, 5.74) is 1.86. The van der Waals surface area contributed by atoms with Gasteiger partial charge in [0, 0.05) is 5.69 Å². The van der Waals surface area contributed by atoms with Crippen molar-refractivity contribution >= 4 is 34.8 Å². The van der Waals surface area contributed by atoms with Gasteiger partial charge in [0.15, 0.2) is 0 Å². The number of imide groups is 1. The van der Waals surface area contributed by atoms with Gasteiger partial charge >= 0.3 is 0 Å². The van der Waals surface area contributed by atoms with Crippen LogP contribution in [0.4, 0.5) is 15.8 Å². The van der Waals surface area contributed by atoms with Crippen molar-refractivity contribution in [1.29, 1.82) is 0 Å². The number of halogens is 2. The van der Waals surface area contributed by atoms with Gasteiger partial charge in [0.25, 0.3) is 11.8 Å². The quantitative estimate of drug-likeness (QED) is 0.875. The first kappa shape index (κ1) is 15.2. The SMILES string of the molecule is Cc1ccccc1NC1=C(Cl)C(=O)N(c2ccc(F)cc2)C1=O. The molecule has 0 unspecified atom stereocenters. The number of hydrogen-bond acceptors (Lipinski definition) is 3. The van der Waals surface area contributed by atoms with Gasteiger partial charge in [-0.05, 0) is 42.8 Å². The van der Waals surface area contributed by atoms with Crippen molar-refractivity contribution < 1.29 is 14.0 Å². The number of nitrogens with one attached hydrogen (secondary N) is 1. The van der Waals surface area contributed by atoms with Crippen molar-refractivity contribution in [2.75, 3.05) is 10.2 Å². The van der Waals surface area contributed by atoms with Crippen molar-refractivity contribution in [3.63, 3.8) is 0 Å². The summed E-state index contributed by atoms with van der Waals surface area (Å²) in [4.78, 5) is 25.7. The fourth-order valence-corrected chi connectivity index (χ4v) is 2.50. The van der Waals surface area contributed by atoms with E-state index in [1.54, 1.807) is 6.07 Å². The molecule has 2 amide bonds. The summed E-state index contributed by atoms with van der Waals surface area (Å²) < 4.78 is 13.0. The highest BCUT2D eigenvalue weighted by molar-refractivity contribution is 6.53. The third kappa shape index (κ3) is 2.71. The fraction of sp³-hybridized carbons (Fsp3) is 0.0588. The lowest BCUT2D eigenvalue weighted by Gasteiger charge is -2.15. The summed E-state index contributed by atoms with van der Waals surface area (Å²) in [6.45, 7) is 1.87. The van der Waals surface area contributed by atoms with Crippen LogP contribution in [-0.4, -0.2) is 11.8 Å². The number of benzene rings is 2. The maximum atomic E-state index is 13.0. The highest BCUT2D eigenvalue weighted by Gasteiger charge is 2.39. The summed E-state index contributed by atoms with van der Waals surface area (Å²) in [5.74, 6) is -1.67. The van der Waals surface area contributed by atoms with E-state index in [-0.39, 0.29) is 16.4 Å². The van der Waals surface area contributed by atoms with E-state index in [4.69, 9.17) is 11.6 Å². The minimum Gasteiger partial charge on any atom is -0.349 e. The minimum atomic E-state index is -0.639. The van der Waals surface area contributed by atoms with Gasteiger partial charge in [-0.2, -0.15) is 0 Å². The first-order valence-electron chi connectivity index (χ1n) is 6.86. The number of carbonyl (C=O) groups is 2. The first-order chi connectivity index (χ1) is 11.0. The Hall–Kier alpha value is -2.66. The van der Waals surface area contributed by atoms with Crippen LogP contribution < -0.4 is 10.2 Å². The van der Waals surface area contributed by atoms with Crippen molar-refractivity contribution in [2.24, 2.45) is 0 Å². The number of anilines is 2. The molecule has 4 nitrogen and oxygen atoms in total. The molecule has 2 aromatic rings. The van der Waals surface area contributed by atoms with Gasteiger partial charge in [0.05, 0.1) is 5.69 Å². The summed E-state index contributed by atoms with van der Waals surface area (Å²) in [5, 5.41) is 2.72. The van der Waals surface area contributed by atoms with E-state index in [2.05, 4.69) is 5.32 Å². The molecule has 6 heteroatoms. The number of rotatable bonds is 3. The predicted octanol–water partition coefficient (Wildman–Crippen LogP) is 3.57. The molecule has 0 atom stereocenters. The van der Waals surface area contributed by atoms with Crippen LogP contribution in [0.5, 0.6) is 0 Å². The van der Waals surface area contributed by atoms with E-state index >= 15 is 0 Å². The van der Waals surface area contributed by atoms with Crippen LogP contribution in [-0.2, 0) is 9.59 Å². The molecule has 0 fully saturated rings. The van der Waals surface area contributed by atoms with Crippen LogP contribution in [0.2, 0.25) is 0 Å². The van der Waals surface area contributed by atoms with Crippen LogP contribution in [0.1, 0.15) is 5.56 Å². The van der Waals surface area contributed by atoms with Crippen LogP contribution >= 0.6 is 11.6 Å². The number of hydrogen-bond donors (Lipinski definition) is 1. The molecule has 0 aromatic heterocycles. The number of carbonyl (C=O) groups excluding carboxylic acids is 2. The molecule has 0 radical (unpaired) electrons. The summed E-state index contributed by atoms with van der Waals surface area (Å²) in [6.07, 6.45) is 0. The Morgan fingerprint density at radius 3 is 2.30 bits per heavy atom. The standard InChI is InChI=1S/C17H12ClFN2O2/c1-10-4-2-3-5-13(10)20-15-14(18)16(22)21(17(15)23)12-8-6-11(19)7-9-12/h2-9,20H,1H3. The summed E-state index contributed by atoms with van der Waals surface area (Å²) in [7, 11) is 0. The lowest BCUT2D eigenvalue weighted by atomic mass is 10.2. The average Bonchev–Trinajstić information content (AvgIpc) is 2.74. The average molecular weight is 331 g/mol. The highest BCUT2D eigenvalue weighted by atomic mass is 35.5. The maximum absolute atomic E-state index is 13.0. The topological polar surface area (TPSA) is 49.4 Å². The predicted molar refractivity (Wildman–Crippen MR) is 86.6 cm³/mol. The molecule has 0 bridgehead atoms. The van der Waals surface area contributed by atoms with Crippen LogP contribution in [0.15, 0.2) is 59.3 Å². The number of aryl methyl sites for hydroxylation is 1. The molecule has 1 heterocycles. The molecule has 116 valence electrons. The maximum Gasteiger partial charge on any atom is 0.283 e. The second kappa shape index (κ2) is 5.85. The Kier molecular flexibility index (Phi) is 3.88. The number of para-hydroxylation sites is 1. The van der Waals surface area contributed by atoms with Crippen LogP contribution in [0.25, 0.3) is 0 Å². The Bertz CT molecular complexity index is 831. The van der Waals surface area contributed by atoms with Gasteiger partial charge in [0.1, 0.15) is 16.5 Å². The molecule has 1 aliphatic heterocycles. The van der Waals surface area contributed by atoms with E-state index in [1.165, 1.54) is 24.3 Å². The van der Waals surface area contributed by atoms with Crippen molar-refractivity contribution in [2.45, 2.75) is 6.92 Å². The molecule has 0 saturated heterocycles. The molecular weight excluding hydrogens is 319 g/mol. The van der Waals surface area contributed by atoms with Crippen molar-refractivity contribution in [1.82, 2.24) is 0 Å². The van der Waals surface area contributed by atoms with Gasteiger partial charge in [0.2, 0.25) is 0 Å². The summed E-state index contributed by atoms with van der Waals surface area (Å²) >= 11 is 6.03. The Morgan fingerprint density at radius 2 is 1.65 bits per heavy atom. The lowest BCUT2D eigenvalue weighted by molar-refractivity contribution is -0.120. The van der Waals surface area contributed by atoms with E-state index in [0.717, 1.165) is 10.5 Å². The molecule has 23 heavy (non-hydrogen) atoms. The molecule has 0 saturated carbocycles. The molecule has 3 rings (SSSR count). The zero-order valence-corrected chi connectivity index (χ0v) is 12.9. The minimum absolute atomic E-state index is 0.00953. The summed E-state index contributed by atoms with van der Waals surface area (Å²) in [6, 6.07) is 12.4. The molecule has 0 spiro atoms. The molecule has 1 N–H and O–H groups in total. The third-order valence-corrected chi connectivity index (χ3v) is 3.87. The van der Waals surface area contributed by atoms with E-state index in [1.807, 2.05) is 25.1 Å². The normalized spacial score (nSPS) is 14.7. The van der Waals surface area contributed by atoms with Gasteiger partial charge in [-0.3, -0.25) is 9.59 Å². The second-order valence-electron chi connectivity index (χ2n) is 5.05. The molecule has 2 aromatic carbocycles. The Morgan fingerprint density at radius 1 is 1.00 bits per heavy atom. The van der Waals surface area contributed by atoms with Crippen LogP contribution in [0.3, 0.4) is 0 Å². The fourth-order valence-electron chi connectivity index (χ4n) is 2.28. The monoisotopic (exact) mass is 330 g/mol. The third-order valence-electron chi connectivity index (χ3n) is 3.52. The Labute approximate surface area is 137 Å². The lowest BCUT2D eigenvalue weighted by Crippen LogP contribution is -2.32. The number of amides is 2. The smallest absolute Gasteiger partial charge is 0.283 e. The van der Waals surface area contributed by atoms with Gasteiger partial charge in [-0.25, -0.2) is 9.29 Å². The first-order valence-corrected chi connectivity index (χ1v) is 7.23. The van der Waals surface area contributed by atoms with Crippen molar-refractivity contribution in [3.8, 4) is 0 Å².